The number of hydrogen-bond acceptors (Lipinski definition) is 3. The zero-order valence-corrected chi connectivity index (χ0v) is 7.67. The lowest BCUT2D eigenvalue weighted by Gasteiger charge is -2.42. The third-order valence-electron chi connectivity index (χ3n) is 2.35. The van der Waals surface area contributed by atoms with Gasteiger partial charge in [0.05, 0.1) is 20.7 Å². The summed E-state index contributed by atoms with van der Waals surface area (Å²) in [6.07, 6.45) is 0.694. The van der Waals surface area contributed by atoms with Crippen LogP contribution in [0.2, 0.25) is 0 Å². The van der Waals surface area contributed by atoms with E-state index in [1.165, 1.54) is 0 Å². The highest BCUT2D eigenvalue weighted by Crippen LogP contribution is 2.11. The maximum atomic E-state index is 8.73. The number of nitrogens with zero attached hydrogens (tertiary/aromatic N) is 1. The lowest BCUT2D eigenvalue weighted by molar-refractivity contribution is -0.942. The molecule has 0 heterocycles. The van der Waals surface area contributed by atoms with Gasteiger partial charge in [0.25, 0.3) is 0 Å². The van der Waals surface area contributed by atoms with Crippen molar-refractivity contribution in [2.24, 2.45) is 11.5 Å². The van der Waals surface area contributed by atoms with Crippen LogP contribution >= 0.6 is 0 Å². The molecular formula is C7H20N3O+. The zero-order valence-electron chi connectivity index (χ0n) is 7.67. The van der Waals surface area contributed by atoms with E-state index in [9.17, 15) is 0 Å². The molecule has 68 valence electrons. The second-order valence-corrected chi connectivity index (χ2v) is 3.48. The Bertz CT molecular complexity index is 123. The molecule has 0 saturated carbocycles. The molecule has 0 aromatic heterocycles. The Hall–Kier alpha value is -0.160. The van der Waals surface area contributed by atoms with Crippen molar-refractivity contribution in [2.45, 2.75) is 19.1 Å². The molecule has 0 spiro atoms. The Morgan fingerprint density at radius 2 is 1.82 bits per heavy atom. The summed E-state index contributed by atoms with van der Waals surface area (Å²) >= 11 is 0. The Kier molecular flexibility index (Phi) is 3.44. The number of rotatable bonds is 4. The van der Waals surface area contributed by atoms with E-state index >= 15 is 0 Å². The average molecular weight is 162 g/mol. The van der Waals surface area contributed by atoms with Gasteiger partial charge < -0.3 is 5.11 Å². The van der Waals surface area contributed by atoms with E-state index in [4.69, 9.17) is 16.6 Å². The standard InChI is InChI=1S/C7H20N3O/c1-4-7(8,9)10(2,3)5-6-11/h11H,4-6,8-9H2,1-3H3/q+1. The number of aliphatic hydroxyl groups excluding tert-OH is 1. The van der Waals surface area contributed by atoms with Crippen molar-refractivity contribution in [1.82, 2.24) is 0 Å². The molecule has 4 nitrogen and oxygen atoms in total. The summed E-state index contributed by atoms with van der Waals surface area (Å²) in [4.78, 5) is 0. The van der Waals surface area contributed by atoms with Crippen LogP contribution in [0, 0.1) is 0 Å². The summed E-state index contributed by atoms with van der Waals surface area (Å²) in [6.45, 7) is 2.64. The molecule has 0 aliphatic heterocycles. The Balaban J connectivity index is 4.26. The van der Waals surface area contributed by atoms with Gasteiger partial charge in [0.2, 0.25) is 5.79 Å². The number of hydrogen-bond donors (Lipinski definition) is 3. The van der Waals surface area contributed by atoms with Gasteiger partial charge in [-0.2, -0.15) is 0 Å². The highest BCUT2D eigenvalue weighted by atomic mass is 16.3. The van der Waals surface area contributed by atoms with Crippen LogP contribution in [0.4, 0.5) is 0 Å². The van der Waals surface area contributed by atoms with Gasteiger partial charge in [-0.15, -0.1) is 0 Å². The zero-order chi connectivity index (χ0) is 9.12. The van der Waals surface area contributed by atoms with Gasteiger partial charge in [-0.25, -0.2) is 0 Å². The molecule has 0 aromatic carbocycles. The van der Waals surface area contributed by atoms with E-state index in [0.717, 1.165) is 0 Å². The van der Waals surface area contributed by atoms with Crippen LogP contribution in [-0.2, 0) is 0 Å². The molecule has 5 N–H and O–H groups in total. The Morgan fingerprint density at radius 1 is 1.36 bits per heavy atom. The molecule has 0 amide bonds. The van der Waals surface area contributed by atoms with Gasteiger partial charge in [-0.1, -0.05) is 6.92 Å². The minimum atomic E-state index is -0.733. The van der Waals surface area contributed by atoms with Gasteiger partial charge in [-0.05, 0) is 0 Å². The van der Waals surface area contributed by atoms with E-state index in [1.54, 1.807) is 0 Å². The molecule has 0 saturated heterocycles. The van der Waals surface area contributed by atoms with Gasteiger partial charge >= 0.3 is 0 Å². The number of nitrogens with two attached hydrogens (primary N) is 2. The van der Waals surface area contributed by atoms with Gasteiger partial charge in [-0.3, -0.25) is 16.0 Å². The first-order valence-corrected chi connectivity index (χ1v) is 3.89. The van der Waals surface area contributed by atoms with E-state index < -0.39 is 5.79 Å². The van der Waals surface area contributed by atoms with E-state index in [2.05, 4.69) is 0 Å². The van der Waals surface area contributed by atoms with Crippen LogP contribution in [0.3, 0.4) is 0 Å². The summed E-state index contributed by atoms with van der Waals surface area (Å²) in [5, 5.41) is 8.73. The molecule has 0 rings (SSSR count). The van der Waals surface area contributed by atoms with Crippen molar-refractivity contribution in [2.75, 3.05) is 27.2 Å². The molecule has 0 fully saturated rings. The minimum Gasteiger partial charge on any atom is -0.391 e. The first kappa shape index (κ1) is 10.8. The van der Waals surface area contributed by atoms with Crippen molar-refractivity contribution in [3.63, 3.8) is 0 Å². The molecule has 0 unspecified atom stereocenters. The first-order valence-electron chi connectivity index (χ1n) is 3.89. The van der Waals surface area contributed by atoms with E-state index in [1.807, 2.05) is 21.0 Å². The first-order chi connectivity index (χ1) is 4.87. The monoisotopic (exact) mass is 162 g/mol. The molecule has 11 heavy (non-hydrogen) atoms. The molecule has 0 aromatic rings. The second kappa shape index (κ2) is 3.49. The van der Waals surface area contributed by atoms with Crippen LogP contribution in [0.1, 0.15) is 13.3 Å². The maximum absolute atomic E-state index is 8.73. The van der Waals surface area contributed by atoms with Crippen molar-refractivity contribution >= 4 is 0 Å². The molecule has 0 aliphatic carbocycles. The van der Waals surface area contributed by atoms with Gasteiger partial charge in [0.15, 0.2) is 0 Å². The molecule has 0 aliphatic rings. The third-order valence-corrected chi connectivity index (χ3v) is 2.35. The lowest BCUT2D eigenvalue weighted by atomic mass is 10.2. The van der Waals surface area contributed by atoms with Crippen molar-refractivity contribution in [3.8, 4) is 0 Å². The highest BCUT2D eigenvalue weighted by Gasteiger charge is 2.35. The predicted molar refractivity (Wildman–Crippen MR) is 45.5 cm³/mol. The second-order valence-electron chi connectivity index (χ2n) is 3.48. The van der Waals surface area contributed by atoms with Crippen LogP contribution < -0.4 is 11.5 Å². The molecule has 0 atom stereocenters. The number of aliphatic hydroxyl groups is 1. The van der Waals surface area contributed by atoms with E-state index in [-0.39, 0.29) is 6.61 Å². The number of likely N-dealkylation sites (N-methyl/N-ethyl adjacent to an activating group) is 1. The topological polar surface area (TPSA) is 72.3 Å². The van der Waals surface area contributed by atoms with Gasteiger partial charge in [0.1, 0.15) is 6.54 Å². The third kappa shape index (κ3) is 2.41. The molecule has 0 bridgehead atoms. The fourth-order valence-electron chi connectivity index (χ4n) is 0.886. The number of quaternary nitrogens is 1. The van der Waals surface area contributed by atoms with Crippen LogP contribution in [0.5, 0.6) is 0 Å². The summed E-state index contributed by atoms with van der Waals surface area (Å²) in [6, 6.07) is 0. The average Bonchev–Trinajstić information content (AvgIpc) is 1.87. The molecule has 0 radical (unpaired) electrons. The normalized spacial score (nSPS) is 13.6. The molecule has 4 heteroatoms. The molecular weight excluding hydrogens is 142 g/mol. The van der Waals surface area contributed by atoms with Crippen LogP contribution in [0.25, 0.3) is 0 Å². The van der Waals surface area contributed by atoms with Crippen LogP contribution in [-0.4, -0.2) is 42.6 Å². The van der Waals surface area contributed by atoms with E-state index in [0.29, 0.717) is 17.4 Å². The Morgan fingerprint density at radius 3 is 2.09 bits per heavy atom. The fraction of sp³-hybridized carbons (Fsp3) is 1.00. The summed E-state index contributed by atoms with van der Waals surface area (Å²) in [5.41, 5.74) is 11.6. The summed E-state index contributed by atoms with van der Waals surface area (Å²) in [5.74, 6) is -0.733. The van der Waals surface area contributed by atoms with Crippen molar-refractivity contribution in [3.05, 3.63) is 0 Å². The van der Waals surface area contributed by atoms with Crippen molar-refractivity contribution in [1.29, 1.82) is 0 Å². The smallest absolute Gasteiger partial charge is 0.204 e. The highest BCUT2D eigenvalue weighted by molar-refractivity contribution is 4.61. The lowest BCUT2D eigenvalue weighted by Crippen LogP contribution is -2.71. The van der Waals surface area contributed by atoms with Crippen LogP contribution in [0.15, 0.2) is 0 Å². The SMILES string of the molecule is CCC(N)(N)[N+](C)(C)CCO. The predicted octanol–water partition coefficient (Wildman–Crippen LogP) is -0.964. The van der Waals surface area contributed by atoms with Crippen molar-refractivity contribution < 1.29 is 9.59 Å². The summed E-state index contributed by atoms with van der Waals surface area (Å²) < 4.78 is 0.444. The fourth-order valence-corrected chi connectivity index (χ4v) is 0.886. The quantitative estimate of drug-likeness (QED) is 0.368. The maximum Gasteiger partial charge on any atom is 0.204 e. The largest absolute Gasteiger partial charge is 0.391 e. The minimum absolute atomic E-state index is 0.114. The Labute approximate surface area is 68.4 Å². The summed E-state index contributed by atoms with van der Waals surface area (Å²) in [7, 11) is 3.83. The van der Waals surface area contributed by atoms with Gasteiger partial charge in [0, 0.05) is 6.42 Å².